The quantitative estimate of drug-likeness (QED) is 0.254. The Bertz CT molecular complexity index is 1180. The van der Waals surface area contributed by atoms with Gasteiger partial charge >= 0.3 is 12.4 Å². The molecule has 0 atom stereocenters. The molecule has 0 spiro atoms. The van der Waals surface area contributed by atoms with Crippen molar-refractivity contribution in [2.24, 2.45) is 0 Å². The third-order valence-corrected chi connectivity index (χ3v) is 4.08. The highest BCUT2D eigenvalue weighted by atomic mass is 19.4. The van der Waals surface area contributed by atoms with E-state index in [0.29, 0.717) is 0 Å². The molecule has 2 aromatic carbocycles. The van der Waals surface area contributed by atoms with Gasteiger partial charge in [0.05, 0.1) is 12.3 Å². The van der Waals surface area contributed by atoms with E-state index in [1.54, 1.807) is 0 Å². The second-order valence-corrected chi connectivity index (χ2v) is 6.16. The van der Waals surface area contributed by atoms with E-state index in [9.17, 15) is 35.1 Å². The van der Waals surface area contributed by atoms with Gasteiger partial charge in [-0.25, -0.2) is 18.3 Å². The van der Waals surface area contributed by atoms with E-state index in [1.807, 2.05) is 0 Å². The van der Waals surface area contributed by atoms with Crippen LogP contribution in [0.25, 0.3) is 22.3 Å². The van der Waals surface area contributed by atoms with Crippen molar-refractivity contribution >= 4 is 11.8 Å². The standard InChI is InChI=1S/C20H9F8N3/c1-29-15(13-3-2-4-14(21)18(13)22)9-11-5-7-12(8-6-11)31-17(20(26,27)28)10-16(30-31)19(23,24)25/h2-10H. The third kappa shape index (κ3) is 4.58. The first-order valence-corrected chi connectivity index (χ1v) is 8.30. The molecule has 1 aromatic heterocycles. The molecule has 3 nitrogen and oxygen atoms in total. The van der Waals surface area contributed by atoms with Gasteiger partial charge in [-0.3, -0.25) is 0 Å². The van der Waals surface area contributed by atoms with Crippen LogP contribution in [0.15, 0.2) is 48.5 Å². The highest BCUT2D eigenvalue weighted by Crippen LogP contribution is 2.36. The Hall–Kier alpha value is -3.68. The van der Waals surface area contributed by atoms with Gasteiger partial charge in [0, 0.05) is 11.6 Å². The average Bonchev–Trinajstić information content (AvgIpc) is 3.15. The zero-order chi connectivity index (χ0) is 23.0. The molecule has 31 heavy (non-hydrogen) atoms. The number of hydrogen-bond donors (Lipinski definition) is 0. The number of rotatable bonds is 3. The predicted octanol–water partition coefficient (Wildman–Crippen LogP) is 6.61. The zero-order valence-corrected chi connectivity index (χ0v) is 15.1. The maximum Gasteiger partial charge on any atom is 0.435 e. The second-order valence-electron chi connectivity index (χ2n) is 6.16. The fourth-order valence-corrected chi connectivity index (χ4v) is 2.66. The van der Waals surface area contributed by atoms with E-state index in [1.165, 1.54) is 24.3 Å². The number of halogens is 8. The number of benzene rings is 2. The summed E-state index contributed by atoms with van der Waals surface area (Å²) in [6.07, 6.45) is -9.02. The molecule has 0 saturated heterocycles. The number of aromatic nitrogens is 2. The lowest BCUT2D eigenvalue weighted by Gasteiger charge is -2.10. The van der Waals surface area contributed by atoms with Gasteiger partial charge in [-0.1, -0.05) is 24.3 Å². The lowest BCUT2D eigenvalue weighted by Crippen LogP contribution is -2.13. The fraction of sp³-hybridized carbons (Fsp3) is 0.100. The first-order chi connectivity index (χ1) is 14.4. The number of alkyl halides is 6. The minimum Gasteiger partial charge on any atom is -0.237 e. The van der Waals surface area contributed by atoms with Crippen LogP contribution in [-0.2, 0) is 12.4 Å². The summed E-state index contributed by atoms with van der Waals surface area (Å²) in [5, 5.41) is 3.01. The summed E-state index contributed by atoms with van der Waals surface area (Å²) in [7, 11) is 0. The van der Waals surface area contributed by atoms with Crippen molar-refractivity contribution in [1.29, 1.82) is 0 Å². The Morgan fingerprint density at radius 1 is 0.935 bits per heavy atom. The largest absolute Gasteiger partial charge is 0.435 e. The summed E-state index contributed by atoms with van der Waals surface area (Å²) in [6.45, 7) is 7.17. The monoisotopic (exact) mass is 443 g/mol. The summed E-state index contributed by atoms with van der Waals surface area (Å²) in [6, 6.07) is 7.65. The third-order valence-electron chi connectivity index (χ3n) is 4.08. The van der Waals surface area contributed by atoms with Crippen LogP contribution in [0, 0.1) is 18.2 Å². The van der Waals surface area contributed by atoms with E-state index >= 15 is 0 Å². The molecule has 0 bridgehead atoms. The maximum absolute atomic E-state index is 13.9. The van der Waals surface area contributed by atoms with E-state index in [2.05, 4.69) is 9.94 Å². The molecule has 0 aliphatic rings. The van der Waals surface area contributed by atoms with E-state index < -0.39 is 35.4 Å². The molecule has 0 saturated carbocycles. The fourth-order valence-electron chi connectivity index (χ4n) is 2.66. The topological polar surface area (TPSA) is 22.2 Å². The van der Waals surface area contributed by atoms with Crippen molar-refractivity contribution < 1.29 is 35.1 Å². The number of nitrogens with zero attached hydrogens (tertiary/aromatic N) is 3. The highest BCUT2D eigenvalue weighted by molar-refractivity contribution is 5.85. The number of hydrogen-bond acceptors (Lipinski definition) is 1. The molecule has 3 rings (SSSR count). The molecule has 0 aliphatic heterocycles. The van der Waals surface area contributed by atoms with Crippen LogP contribution in [0.2, 0.25) is 0 Å². The van der Waals surface area contributed by atoms with E-state index in [-0.39, 0.29) is 33.3 Å². The smallest absolute Gasteiger partial charge is 0.237 e. The van der Waals surface area contributed by atoms with Crippen molar-refractivity contribution in [3.8, 4) is 5.69 Å². The molecule has 0 N–H and O–H groups in total. The molecule has 160 valence electrons. The van der Waals surface area contributed by atoms with Crippen LogP contribution >= 0.6 is 0 Å². The molecule has 3 aromatic rings. The lowest BCUT2D eigenvalue weighted by molar-refractivity contribution is -0.143. The van der Waals surface area contributed by atoms with E-state index in [0.717, 1.165) is 24.3 Å². The van der Waals surface area contributed by atoms with Crippen LogP contribution in [0.3, 0.4) is 0 Å². The SMILES string of the molecule is [C-]#[N+]C(=Cc1ccc(-n2nc(C(F)(F)F)cc2C(F)(F)F)cc1)c1cccc(F)c1F. The molecule has 1 heterocycles. The Kier molecular flexibility index (Phi) is 5.59. The van der Waals surface area contributed by atoms with Crippen LogP contribution in [-0.4, -0.2) is 9.78 Å². The molecule has 11 heteroatoms. The first-order valence-electron chi connectivity index (χ1n) is 8.30. The van der Waals surface area contributed by atoms with Gasteiger partial charge in [0.2, 0.25) is 0 Å². The van der Waals surface area contributed by atoms with Gasteiger partial charge in [0.1, 0.15) is 5.69 Å². The lowest BCUT2D eigenvalue weighted by atomic mass is 10.1. The summed E-state index contributed by atoms with van der Waals surface area (Å²) < 4.78 is 105. The molecule has 0 unspecified atom stereocenters. The van der Waals surface area contributed by atoms with Crippen molar-refractivity contribution in [3.05, 3.63) is 94.1 Å². The van der Waals surface area contributed by atoms with Crippen LogP contribution in [0.1, 0.15) is 22.5 Å². The summed E-state index contributed by atoms with van der Waals surface area (Å²) >= 11 is 0. The van der Waals surface area contributed by atoms with Crippen LogP contribution in [0.4, 0.5) is 35.1 Å². The molecular formula is C20H9F8N3. The summed E-state index contributed by atoms with van der Waals surface area (Å²) in [4.78, 5) is 3.13. The molecule has 0 fully saturated rings. The van der Waals surface area contributed by atoms with Gasteiger partial charge in [-0.15, -0.1) is 0 Å². The van der Waals surface area contributed by atoms with Gasteiger partial charge in [-0.2, -0.15) is 31.4 Å². The van der Waals surface area contributed by atoms with Crippen molar-refractivity contribution in [2.45, 2.75) is 12.4 Å². The minimum absolute atomic E-state index is 0.0996. The Morgan fingerprint density at radius 3 is 2.13 bits per heavy atom. The van der Waals surface area contributed by atoms with Gasteiger partial charge < -0.3 is 0 Å². The first kappa shape index (κ1) is 22.0. The van der Waals surface area contributed by atoms with Crippen molar-refractivity contribution in [1.82, 2.24) is 9.78 Å². The Morgan fingerprint density at radius 2 is 1.58 bits per heavy atom. The molecule has 0 aliphatic carbocycles. The van der Waals surface area contributed by atoms with E-state index in [4.69, 9.17) is 6.57 Å². The van der Waals surface area contributed by atoms with Crippen LogP contribution in [0.5, 0.6) is 0 Å². The highest BCUT2D eigenvalue weighted by Gasteiger charge is 2.42. The molecular weight excluding hydrogens is 434 g/mol. The Balaban J connectivity index is 2.02. The molecule has 0 amide bonds. The van der Waals surface area contributed by atoms with Crippen molar-refractivity contribution in [3.63, 3.8) is 0 Å². The van der Waals surface area contributed by atoms with Gasteiger partial charge in [0.25, 0.3) is 0 Å². The average molecular weight is 443 g/mol. The second kappa shape index (κ2) is 7.86. The summed E-state index contributed by atoms with van der Waals surface area (Å²) in [5.41, 5.74) is -4.02. The minimum atomic E-state index is -5.10. The van der Waals surface area contributed by atoms with Gasteiger partial charge in [0.15, 0.2) is 23.0 Å². The summed E-state index contributed by atoms with van der Waals surface area (Å²) in [5.74, 6) is -2.41. The normalized spacial score (nSPS) is 12.7. The maximum atomic E-state index is 13.9. The van der Waals surface area contributed by atoms with Crippen molar-refractivity contribution in [2.75, 3.05) is 0 Å². The van der Waals surface area contributed by atoms with Crippen LogP contribution < -0.4 is 0 Å². The Labute approximate surface area is 169 Å². The van der Waals surface area contributed by atoms with Gasteiger partial charge in [-0.05, 0) is 29.8 Å². The predicted molar refractivity (Wildman–Crippen MR) is 94.4 cm³/mol. The molecule has 0 radical (unpaired) electrons. The zero-order valence-electron chi connectivity index (χ0n) is 15.1.